The molecule has 1 aliphatic rings. The first-order valence-corrected chi connectivity index (χ1v) is 9.64. The van der Waals surface area contributed by atoms with E-state index < -0.39 is 5.69 Å². The summed E-state index contributed by atoms with van der Waals surface area (Å²) in [5.74, 6) is 0. The average molecular weight is 298 g/mol. The summed E-state index contributed by atoms with van der Waals surface area (Å²) in [4.78, 5) is 0. The second kappa shape index (κ2) is 4.94. The van der Waals surface area contributed by atoms with Gasteiger partial charge >= 0.3 is 0 Å². The Hall–Kier alpha value is 1.01. The minimum atomic E-state index is -2.24. The summed E-state index contributed by atoms with van der Waals surface area (Å²) in [6.07, 6.45) is 0. The van der Waals surface area contributed by atoms with Crippen molar-refractivity contribution in [2.45, 2.75) is 34.6 Å². The van der Waals surface area contributed by atoms with Crippen LogP contribution >= 0.6 is 29.3 Å². The van der Waals surface area contributed by atoms with Gasteiger partial charge in [0.2, 0.25) is 0 Å². The molecule has 1 saturated heterocycles. The average Bonchev–Trinajstić information content (AvgIpc) is 2.10. The van der Waals surface area contributed by atoms with Crippen molar-refractivity contribution in [1.82, 2.24) is 0 Å². The van der Waals surface area contributed by atoms with Gasteiger partial charge in [-0.25, -0.2) is 0 Å². The summed E-state index contributed by atoms with van der Waals surface area (Å²) in [5.41, 5.74) is -2.21. The Labute approximate surface area is 113 Å². The fraction of sp³-hybridized carbons (Fsp3) is 0.900. The Bertz CT molecular complexity index is 319. The van der Waals surface area contributed by atoms with Gasteiger partial charge in [0.15, 0.2) is 0 Å². The SMILES string of the molecule is CC1(C)COP(=S)(SC(=S)C(C)(C)C)OC1. The Kier molecular flexibility index (Phi) is 4.66. The molecule has 0 unspecified atom stereocenters. The van der Waals surface area contributed by atoms with Gasteiger partial charge < -0.3 is 9.05 Å². The molecule has 0 aromatic heterocycles. The smallest absolute Gasteiger partial charge is 0.252 e. The van der Waals surface area contributed by atoms with Crippen LogP contribution in [0.3, 0.4) is 0 Å². The molecule has 0 aromatic rings. The van der Waals surface area contributed by atoms with Crippen LogP contribution in [0.5, 0.6) is 0 Å². The first kappa shape index (κ1) is 15.1. The third-order valence-electron chi connectivity index (χ3n) is 2.03. The highest BCUT2D eigenvalue weighted by Crippen LogP contribution is 2.65. The van der Waals surface area contributed by atoms with Crippen LogP contribution in [-0.2, 0) is 20.9 Å². The van der Waals surface area contributed by atoms with E-state index in [0.29, 0.717) is 13.2 Å². The lowest BCUT2D eigenvalue weighted by Crippen LogP contribution is -2.29. The molecule has 1 aliphatic heterocycles. The van der Waals surface area contributed by atoms with E-state index in [1.54, 1.807) is 0 Å². The van der Waals surface area contributed by atoms with Crippen molar-refractivity contribution in [3.05, 3.63) is 0 Å². The zero-order valence-electron chi connectivity index (χ0n) is 10.4. The van der Waals surface area contributed by atoms with Gasteiger partial charge in [-0.15, -0.1) is 0 Å². The molecule has 0 spiro atoms. The molecule has 0 bridgehead atoms. The summed E-state index contributed by atoms with van der Waals surface area (Å²) >= 11 is 12.3. The number of rotatable bonds is 1. The van der Waals surface area contributed by atoms with Gasteiger partial charge in [-0.1, -0.05) is 46.8 Å². The monoisotopic (exact) mass is 298 g/mol. The largest absolute Gasteiger partial charge is 0.321 e. The van der Waals surface area contributed by atoms with E-state index in [0.717, 1.165) is 4.20 Å². The number of hydrogen-bond donors (Lipinski definition) is 0. The molecule has 0 N–H and O–H groups in total. The Morgan fingerprint density at radius 2 is 1.69 bits per heavy atom. The van der Waals surface area contributed by atoms with E-state index in [4.69, 9.17) is 33.1 Å². The topological polar surface area (TPSA) is 18.5 Å². The number of thiocarbonyl (C=S) groups is 1. The van der Waals surface area contributed by atoms with E-state index in [9.17, 15) is 0 Å². The Morgan fingerprint density at radius 1 is 1.25 bits per heavy atom. The fourth-order valence-corrected chi connectivity index (χ4v) is 6.91. The van der Waals surface area contributed by atoms with Crippen LogP contribution in [0.1, 0.15) is 34.6 Å². The normalized spacial score (nSPS) is 24.1. The van der Waals surface area contributed by atoms with Gasteiger partial charge in [0.1, 0.15) is 0 Å². The molecule has 0 amide bonds. The lowest BCUT2D eigenvalue weighted by Gasteiger charge is -2.36. The summed E-state index contributed by atoms with van der Waals surface area (Å²) in [6, 6.07) is 0. The van der Waals surface area contributed by atoms with Crippen molar-refractivity contribution in [3.63, 3.8) is 0 Å². The summed E-state index contributed by atoms with van der Waals surface area (Å²) in [7, 11) is 0. The molecule has 1 fully saturated rings. The van der Waals surface area contributed by atoms with Crippen molar-refractivity contribution in [2.24, 2.45) is 10.8 Å². The third kappa shape index (κ3) is 4.35. The van der Waals surface area contributed by atoms with Crippen molar-refractivity contribution >= 4 is 45.3 Å². The van der Waals surface area contributed by atoms with Crippen LogP contribution < -0.4 is 0 Å². The summed E-state index contributed by atoms with van der Waals surface area (Å²) < 4.78 is 12.3. The molecule has 0 radical (unpaired) electrons. The molecule has 1 heterocycles. The predicted molar refractivity (Wildman–Crippen MR) is 79.6 cm³/mol. The van der Waals surface area contributed by atoms with E-state index >= 15 is 0 Å². The molecule has 94 valence electrons. The molecule has 16 heavy (non-hydrogen) atoms. The van der Waals surface area contributed by atoms with Gasteiger partial charge in [-0.3, -0.25) is 0 Å². The minimum Gasteiger partial charge on any atom is -0.321 e. The van der Waals surface area contributed by atoms with Gasteiger partial charge in [-0.2, -0.15) is 0 Å². The molecule has 0 aliphatic carbocycles. The van der Waals surface area contributed by atoms with E-state index in [-0.39, 0.29) is 10.8 Å². The standard InChI is InChI=1S/C10H19O2PS3/c1-9(2,3)8(14)16-13(15)11-6-10(4,5)7-12-13/h6-7H2,1-5H3. The molecule has 0 aromatic carbocycles. The Balaban J connectivity index is 2.63. The highest BCUT2D eigenvalue weighted by Gasteiger charge is 2.36. The third-order valence-corrected chi connectivity index (χ3v) is 8.31. The molecular formula is C10H19O2PS3. The van der Waals surface area contributed by atoms with Gasteiger partial charge in [0.25, 0.3) is 5.69 Å². The second-order valence-corrected chi connectivity index (χ2v) is 12.6. The van der Waals surface area contributed by atoms with Gasteiger partial charge in [-0.05, 0) is 23.2 Å². The zero-order valence-corrected chi connectivity index (χ0v) is 13.7. The first-order chi connectivity index (χ1) is 7.04. The molecule has 0 saturated carbocycles. The van der Waals surface area contributed by atoms with Crippen LogP contribution in [0, 0.1) is 10.8 Å². The van der Waals surface area contributed by atoms with E-state index in [1.165, 1.54) is 11.4 Å². The van der Waals surface area contributed by atoms with E-state index in [1.807, 2.05) is 0 Å². The highest BCUT2D eigenvalue weighted by atomic mass is 32.9. The molecule has 1 rings (SSSR count). The molecular weight excluding hydrogens is 279 g/mol. The molecule has 2 nitrogen and oxygen atoms in total. The highest BCUT2D eigenvalue weighted by molar-refractivity contribution is 8.75. The van der Waals surface area contributed by atoms with Gasteiger partial charge in [0.05, 0.1) is 17.4 Å². The van der Waals surface area contributed by atoms with Gasteiger partial charge in [0, 0.05) is 10.8 Å². The van der Waals surface area contributed by atoms with Crippen LogP contribution in [0.4, 0.5) is 0 Å². The van der Waals surface area contributed by atoms with Crippen molar-refractivity contribution in [3.8, 4) is 0 Å². The number of hydrogen-bond acceptors (Lipinski definition) is 5. The van der Waals surface area contributed by atoms with Crippen LogP contribution in [0.2, 0.25) is 0 Å². The van der Waals surface area contributed by atoms with Crippen LogP contribution in [-0.4, -0.2) is 17.4 Å². The van der Waals surface area contributed by atoms with Crippen LogP contribution in [0.15, 0.2) is 0 Å². The van der Waals surface area contributed by atoms with Crippen LogP contribution in [0.25, 0.3) is 0 Å². The van der Waals surface area contributed by atoms with Crippen molar-refractivity contribution in [2.75, 3.05) is 13.2 Å². The second-order valence-electron chi connectivity index (χ2n) is 5.79. The molecule has 0 atom stereocenters. The quantitative estimate of drug-likeness (QED) is 0.526. The summed E-state index contributed by atoms with van der Waals surface area (Å²) in [5, 5.41) is 0. The maximum atomic E-state index is 5.73. The molecule has 6 heteroatoms. The minimum absolute atomic E-state index is 0.0362. The predicted octanol–water partition coefficient (Wildman–Crippen LogP) is 4.39. The summed E-state index contributed by atoms with van der Waals surface area (Å²) in [6.45, 7) is 11.8. The van der Waals surface area contributed by atoms with E-state index in [2.05, 4.69) is 34.6 Å². The Morgan fingerprint density at radius 3 is 2.06 bits per heavy atom. The maximum absolute atomic E-state index is 5.73. The zero-order chi connectivity index (χ0) is 12.6. The van der Waals surface area contributed by atoms with Crippen molar-refractivity contribution in [1.29, 1.82) is 0 Å². The lowest BCUT2D eigenvalue weighted by molar-refractivity contribution is 0.0673. The maximum Gasteiger partial charge on any atom is 0.252 e. The lowest BCUT2D eigenvalue weighted by atomic mass is 9.97. The first-order valence-electron chi connectivity index (χ1n) is 5.17. The van der Waals surface area contributed by atoms with Crippen molar-refractivity contribution < 1.29 is 9.05 Å². The fourth-order valence-electron chi connectivity index (χ4n) is 0.878.